The van der Waals surface area contributed by atoms with Gasteiger partial charge in [0.1, 0.15) is 10.8 Å². The lowest BCUT2D eigenvalue weighted by Gasteiger charge is -2.22. The summed E-state index contributed by atoms with van der Waals surface area (Å²) in [5, 5.41) is 2.49. The number of sulfonamides is 1. The number of hydrogen-bond acceptors (Lipinski definition) is 5. The number of ether oxygens (including phenoxy) is 1. The number of rotatable bonds is 8. The van der Waals surface area contributed by atoms with E-state index in [1.54, 1.807) is 0 Å². The normalized spacial score (nSPS) is 12.6. The third-order valence-corrected chi connectivity index (χ3v) is 6.04. The van der Waals surface area contributed by atoms with Crippen molar-refractivity contribution in [3.63, 3.8) is 0 Å². The topological polar surface area (TPSA) is 75.7 Å². The van der Waals surface area contributed by atoms with Crippen molar-refractivity contribution < 1.29 is 31.1 Å². The molecule has 132 valence electrons. The third-order valence-electron chi connectivity index (χ3n) is 2.64. The summed E-state index contributed by atoms with van der Waals surface area (Å²) in [6, 6.07) is 2.68. The van der Waals surface area contributed by atoms with Crippen molar-refractivity contribution in [2.45, 2.75) is 23.9 Å². The number of halogens is 3. The van der Waals surface area contributed by atoms with Crippen molar-refractivity contribution in [3.05, 3.63) is 17.0 Å². The predicted molar refractivity (Wildman–Crippen MR) is 78.5 cm³/mol. The summed E-state index contributed by atoms with van der Waals surface area (Å²) in [5.74, 6) is -0.290. The SMILES string of the molecule is COCCN(CC(F)(F)F)S(=O)(=O)c1ccc(CNC(C)=O)s1. The summed E-state index contributed by atoms with van der Waals surface area (Å²) in [4.78, 5) is 11.4. The lowest BCUT2D eigenvalue weighted by Crippen LogP contribution is -2.40. The van der Waals surface area contributed by atoms with Crippen LogP contribution in [0.2, 0.25) is 0 Å². The molecule has 6 nitrogen and oxygen atoms in total. The molecule has 1 amide bonds. The number of nitrogens with zero attached hydrogens (tertiary/aromatic N) is 1. The summed E-state index contributed by atoms with van der Waals surface area (Å²) >= 11 is 0.817. The van der Waals surface area contributed by atoms with E-state index in [0.29, 0.717) is 9.18 Å². The number of alkyl halides is 3. The van der Waals surface area contributed by atoms with Gasteiger partial charge in [0.25, 0.3) is 10.0 Å². The molecule has 0 aliphatic carbocycles. The van der Waals surface area contributed by atoms with E-state index in [1.807, 2.05) is 0 Å². The second-order valence-electron chi connectivity index (χ2n) is 4.58. The van der Waals surface area contributed by atoms with Crippen LogP contribution in [0.15, 0.2) is 16.3 Å². The first-order valence-electron chi connectivity index (χ1n) is 6.45. The van der Waals surface area contributed by atoms with Crippen LogP contribution < -0.4 is 5.32 Å². The highest BCUT2D eigenvalue weighted by atomic mass is 32.2. The third kappa shape index (κ3) is 6.45. The first kappa shape index (κ1) is 19.9. The molecule has 0 aromatic carbocycles. The lowest BCUT2D eigenvalue weighted by atomic mass is 10.4. The zero-order valence-electron chi connectivity index (χ0n) is 12.5. The van der Waals surface area contributed by atoms with Crippen LogP contribution in [0.1, 0.15) is 11.8 Å². The van der Waals surface area contributed by atoms with Gasteiger partial charge < -0.3 is 10.1 Å². The maximum absolute atomic E-state index is 12.6. The van der Waals surface area contributed by atoms with Crippen LogP contribution in [0.5, 0.6) is 0 Å². The quantitative estimate of drug-likeness (QED) is 0.750. The highest BCUT2D eigenvalue weighted by Gasteiger charge is 2.37. The Morgan fingerprint density at radius 1 is 1.39 bits per heavy atom. The van der Waals surface area contributed by atoms with Crippen LogP contribution >= 0.6 is 11.3 Å². The molecule has 11 heteroatoms. The molecule has 0 aliphatic heterocycles. The van der Waals surface area contributed by atoms with Gasteiger partial charge in [-0.15, -0.1) is 11.3 Å². The van der Waals surface area contributed by atoms with E-state index in [0.717, 1.165) is 11.3 Å². The fraction of sp³-hybridized carbons (Fsp3) is 0.583. The molecule has 1 N–H and O–H groups in total. The second kappa shape index (κ2) is 8.08. The lowest BCUT2D eigenvalue weighted by molar-refractivity contribution is -0.136. The average molecular weight is 374 g/mol. The Morgan fingerprint density at radius 3 is 2.57 bits per heavy atom. The number of nitrogens with one attached hydrogen (secondary N) is 1. The maximum atomic E-state index is 12.6. The van der Waals surface area contributed by atoms with Gasteiger partial charge in [0.05, 0.1) is 13.2 Å². The Labute approximate surface area is 136 Å². The van der Waals surface area contributed by atoms with Gasteiger partial charge in [-0.3, -0.25) is 4.79 Å². The number of thiophene rings is 1. The second-order valence-corrected chi connectivity index (χ2v) is 7.91. The summed E-state index contributed by atoms with van der Waals surface area (Å²) in [5.41, 5.74) is 0. The molecule has 23 heavy (non-hydrogen) atoms. The summed E-state index contributed by atoms with van der Waals surface area (Å²) in [7, 11) is -3.01. The highest BCUT2D eigenvalue weighted by molar-refractivity contribution is 7.91. The molecule has 1 aromatic heterocycles. The maximum Gasteiger partial charge on any atom is 0.402 e. The van der Waals surface area contributed by atoms with Crippen molar-refractivity contribution >= 4 is 27.3 Å². The Morgan fingerprint density at radius 2 is 2.04 bits per heavy atom. The molecular weight excluding hydrogens is 357 g/mol. The van der Waals surface area contributed by atoms with Crippen LogP contribution in [0.25, 0.3) is 0 Å². The van der Waals surface area contributed by atoms with E-state index in [9.17, 15) is 26.4 Å². The van der Waals surface area contributed by atoms with E-state index >= 15 is 0 Å². The number of methoxy groups -OCH3 is 1. The Kier molecular flexibility index (Phi) is 6.99. The van der Waals surface area contributed by atoms with Crippen molar-refractivity contribution in [2.75, 3.05) is 26.8 Å². The number of hydrogen-bond donors (Lipinski definition) is 1. The Balaban J connectivity index is 2.97. The number of carbonyl (C=O) groups is 1. The molecule has 0 unspecified atom stereocenters. The Hall–Kier alpha value is -1.17. The molecule has 1 rings (SSSR count). The molecule has 0 radical (unpaired) electrons. The Bertz CT molecular complexity index is 628. The number of carbonyl (C=O) groups excluding carboxylic acids is 1. The van der Waals surface area contributed by atoms with Crippen molar-refractivity contribution in [1.29, 1.82) is 0 Å². The largest absolute Gasteiger partial charge is 0.402 e. The fourth-order valence-corrected chi connectivity index (χ4v) is 4.47. The monoisotopic (exact) mass is 374 g/mol. The van der Waals surface area contributed by atoms with Gasteiger partial charge in [0.2, 0.25) is 5.91 Å². The van der Waals surface area contributed by atoms with Gasteiger partial charge in [0, 0.05) is 25.5 Å². The summed E-state index contributed by atoms with van der Waals surface area (Å²) in [6.07, 6.45) is -4.66. The summed E-state index contributed by atoms with van der Waals surface area (Å²) in [6.45, 7) is -0.720. The molecule has 0 saturated carbocycles. The smallest absolute Gasteiger partial charge is 0.383 e. The van der Waals surface area contributed by atoms with E-state index in [1.165, 1.54) is 26.2 Å². The van der Waals surface area contributed by atoms with Gasteiger partial charge in [-0.25, -0.2) is 8.42 Å². The standard InChI is InChI=1S/C12H17F3N2O4S2/c1-9(18)16-7-10-3-4-11(22-10)23(19,20)17(5-6-21-2)8-12(13,14)15/h3-4H,5-8H2,1-2H3,(H,16,18). The first-order chi connectivity index (χ1) is 10.6. The van der Waals surface area contributed by atoms with Gasteiger partial charge in [-0.1, -0.05) is 0 Å². The average Bonchev–Trinajstić information content (AvgIpc) is 2.89. The number of amides is 1. The highest BCUT2D eigenvalue weighted by Crippen LogP contribution is 2.27. The van der Waals surface area contributed by atoms with E-state index in [-0.39, 0.29) is 23.3 Å². The van der Waals surface area contributed by atoms with Crippen molar-refractivity contribution in [3.8, 4) is 0 Å². The van der Waals surface area contributed by atoms with Gasteiger partial charge in [-0.2, -0.15) is 17.5 Å². The molecular formula is C12H17F3N2O4S2. The molecule has 0 fully saturated rings. The molecule has 1 heterocycles. The molecule has 0 saturated heterocycles. The summed E-state index contributed by atoms with van der Waals surface area (Å²) < 4.78 is 67.3. The molecule has 1 aromatic rings. The first-order valence-corrected chi connectivity index (χ1v) is 8.71. The van der Waals surface area contributed by atoms with Crippen LogP contribution in [-0.2, 0) is 26.1 Å². The zero-order valence-corrected chi connectivity index (χ0v) is 14.1. The van der Waals surface area contributed by atoms with E-state index in [4.69, 9.17) is 0 Å². The minimum atomic E-state index is -4.66. The van der Waals surface area contributed by atoms with Gasteiger partial charge >= 0.3 is 6.18 Å². The predicted octanol–water partition coefficient (Wildman–Crippen LogP) is 1.58. The van der Waals surface area contributed by atoms with Crippen LogP contribution in [0.3, 0.4) is 0 Å². The van der Waals surface area contributed by atoms with Gasteiger partial charge in [0.15, 0.2) is 0 Å². The minimum Gasteiger partial charge on any atom is -0.383 e. The van der Waals surface area contributed by atoms with Crippen molar-refractivity contribution in [1.82, 2.24) is 9.62 Å². The van der Waals surface area contributed by atoms with Crippen molar-refractivity contribution in [2.24, 2.45) is 0 Å². The van der Waals surface area contributed by atoms with Gasteiger partial charge in [-0.05, 0) is 12.1 Å². The minimum absolute atomic E-state index is 0.118. The zero-order chi connectivity index (χ0) is 17.7. The van der Waals surface area contributed by atoms with Crippen LogP contribution in [0, 0.1) is 0 Å². The van der Waals surface area contributed by atoms with E-state index in [2.05, 4.69) is 10.1 Å². The van der Waals surface area contributed by atoms with Crippen LogP contribution in [0.4, 0.5) is 13.2 Å². The van der Waals surface area contributed by atoms with Crippen LogP contribution in [-0.4, -0.2) is 51.6 Å². The van der Waals surface area contributed by atoms with E-state index < -0.39 is 29.3 Å². The molecule has 0 bridgehead atoms. The molecule has 0 aliphatic rings. The molecule has 0 spiro atoms. The fourth-order valence-electron chi connectivity index (χ4n) is 1.61. The molecule has 0 atom stereocenters.